The van der Waals surface area contributed by atoms with Crippen LogP contribution in [0, 0.1) is 5.92 Å². The van der Waals surface area contributed by atoms with Gasteiger partial charge in [-0.25, -0.2) is 0 Å². The summed E-state index contributed by atoms with van der Waals surface area (Å²) in [7, 11) is 0. The Labute approximate surface area is 80.2 Å². The molecule has 0 bridgehead atoms. The van der Waals surface area contributed by atoms with Crippen LogP contribution >= 0.6 is 0 Å². The lowest BCUT2D eigenvalue weighted by Gasteiger charge is -2.12. The van der Waals surface area contributed by atoms with E-state index in [0.29, 0.717) is 6.04 Å². The molecule has 1 unspecified atom stereocenters. The van der Waals surface area contributed by atoms with Crippen LogP contribution in [-0.4, -0.2) is 6.04 Å². The molecule has 70 valence electrons. The van der Waals surface area contributed by atoms with E-state index >= 15 is 0 Å². The molecule has 0 aromatic heterocycles. The number of nitrogens with one attached hydrogen (secondary N) is 1. The molecule has 1 atom stereocenters. The molecule has 1 fully saturated rings. The fraction of sp³-hybridized carbons (Fsp3) is 0.500. The van der Waals surface area contributed by atoms with Crippen molar-refractivity contribution in [1.29, 1.82) is 0 Å². The summed E-state index contributed by atoms with van der Waals surface area (Å²) >= 11 is 0. The fourth-order valence-corrected chi connectivity index (χ4v) is 1.64. The second-order valence-electron chi connectivity index (χ2n) is 3.99. The van der Waals surface area contributed by atoms with E-state index in [-0.39, 0.29) is 0 Å². The Morgan fingerprint density at radius 2 is 2.00 bits per heavy atom. The van der Waals surface area contributed by atoms with E-state index in [1.807, 2.05) is 0 Å². The minimum Gasteiger partial charge on any atom is -0.310 e. The Kier molecular flexibility index (Phi) is 2.65. The van der Waals surface area contributed by atoms with Crippen molar-refractivity contribution in [2.24, 2.45) is 5.92 Å². The Morgan fingerprint density at radius 3 is 2.62 bits per heavy atom. The van der Waals surface area contributed by atoms with Crippen LogP contribution in [0.1, 0.15) is 25.3 Å². The number of hydrogen-bond donors (Lipinski definition) is 1. The topological polar surface area (TPSA) is 12.0 Å². The van der Waals surface area contributed by atoms with Crippen molar-refractivity contribution in [3.8, 4) is 0 Å². The van der Waals surface area contributed by atoms with Crippen LogP contribution in [-0.2, 0) is 6.54 Å². The van der Waals surface area contributed by atoms with Crippen molar-refractivity contribution in [2.45, 2.75) is 32.4 Å². The van der Waals surface area contributed by atoms with Crippen molar-refractivity contribution in [2.75, 3.05) is 0 Å². The largest absolute Gasteiger partial charge is 0.310 e. The fourth-order valence-electron chi connectivity index (χ4n) is 1.64. The van der Waals surface area contributed by atoms with Gasteiger partial charge in [0.15, 0.2) is 0 Å². The Morgan fingerprint density at radius 1 is 1.31 bits per heavy atom. The summed E-state index contributed by atoms with van der Waals surface area (Å²) < 4.78 is 0. The lowest BCUT2D eigenvalue weighted by Crippen LogP contribution is -2.27. The van der Waals surface area contributed by atoms with E-state index in [0.717, 1.165) is 12.5 Å². The van der Waals surface area contributed by atoms with E-state index in [2.05, 4.69) is 42.6 Å². The normalized spacial score (nSPS) is 18.5. The maximum atomic E-state index is 3.56. The van der Waals surface area contributed by atoms with Crippen LogP contribution in [0.5, 0.6) is 0 Å². The molecule has 1 saturated carbocycles. The lowest BCUT2D eigenvalue weighted by molar-refractivity contribution is 0.496. The van der Waals surface area contributed by atoms with Gasteiger partial charge in [0.2, 0.25) is 0 Å². The molecule has 1 aliphatic carbocycles. The average Bonchev–Trinajstić information content (AvgIpc) is 2.99. The molecule has 0 aliphatic heterocycles. The van der Waals surface area contributed by atoms with Crippen molar-refractivity contribution >= 4 is 0 Å². The summed E-state index contributed by atoms with van der Waals surface area (Å²) in [6, 6.07) is 11.3. The summed E-state index contributed by atoms with van der Waals surface area (Å²) in [6.07, 6.45) is 2.84. The molecule has 0 radical (unpaired) electrons. The van der Waals surface area contributed by atoms with E-state index in [1.54, 1.807) is 0 Å². The van der Waals surface area contributed by atoms with Gasteiger partial charge in [-0.3, -0.25) is 0 Å². The molecule has 13 heavy (non-hydrogen) atoms. The predicted molar refractivity (Wildman–Crippen MR) is 55.5 cm³/mol. The van der Waals surface area contributed by atoms with Crippen molar-refractivity contribution in [1.82, 2.24) is 5.32 Å². The molecule has 1 N–H and O–H groups in total. The molecule has 1 aliphatic rings. The molecular formula is C12H17N. The second kappa shape index (κ2) is 3.93. The smallest absolute Gasteiger partial charge is 0.0208 e. The van der Waals surface area contributed by atoms with Crippen LogP contribution < -0.4 is 5.32 Å². The monoisotopic (exact) mass is 175 g/mol. The van der Waals surface area contributed by atoms with Crippen LogP contribution in [0.2, 0.25) is 0 Å². The second-order valence-corrected chi connectivity index (χ2v) is 3.99. The lowest BCUT2D eigenvalue weighted by atomic mass is 10.2. The number of benzene rings is 1. The van der Waals surface area contributed by atoms with E-state index in [1.165, 1.54) is 18.4 Å². The molecule has 1 aromatic rings. The maximum Gasteiger partial charge on any atom is 0.0208 e. The molecule has 0 spiro atoms. The minimum atomic E-state index is 0.695. The van der Waals surface area contributed by atoms with Gasteiger partial charge in [0.25, 0.3) is 0 Å². The highest BCUT2D eigenvalue weighted by Gasteiger charge is 2.27. The first-order valence-corrected chi connectivity index (χ1v) is 5.13. The zero-order valence-electron chi connectivity index (χ0n) is 8.16. The molecule has 0 heterocycles. The predicted octanol–water partition coefficient (Wildman–Crippen LogP) is 2.57. The summed E-state index contributed by atoms with van der Waals surface area (Å²) in [5.74, 6) is 0.948. The summed E-state index contributed by atoms with van der Waals surface area (Å²) in [5.41, 5.74) is 1.38. The third kappa shape index (κ3) is 2.56. The Bertz CT molecular complexity index is 251. The summed E-state index contributed by atoms with van der Waals surface area (Å²) in [5, 5.41) is 3.56. The van der Waals surface area contributed by atoms with Gasteiger partial charge in [0, 0.05) is 12.6 Å². The Balaban J connectivity index is 1.78. The molecule has 1 aromatic carbocycles. The van der Waals surface area contributed by atoms with E-state index < -0.39 is 0 Å². The van der Waals surface area contributed by atoms with Gasteiger partial charge in [0.1, 0.15) is 0 Å². The summed E-state index contributed by atoms with van der Waals surface area (Å²) in [6.45, 7) is 3.30. The van der Waals surface area contributed by atoms with Gasteiger partial charge in [-0.15, -0.1) is 0 Å². The van der Waals surface area contributed by atoms with Gasteiger partial charge < -0.3 is 5.32 Å². The Hall–Kier alpha value is -0.820. The first kappa shape index (κ1) is 8.76. The van der Waals surface area contributed by atoms with Crippen molar-refractivity contribution in [3.05, 3.63) is 35.9 Å². The highest BCUT2D eigenvalue weighted by molar-refractivity contribution is 5.14. The highest BCUT2D eigenvalue weighted by Crippen LogP contribution is 2.32. The van der Waals surface area contributed by atoms with Crippen LogP contribution in [0.4, 0.5) is 0 Å². The van der Waals surface area contributed by atoms with Gasteiger partial charge in [-0.05, 0) is 31.2 Å². The zero-order chi connectivity index (χ0) is 9.10. The summed E-state index contributed by atoms with van der Waals surface area (Å²) in [4.78, 5) is 0. The molecule has 0 amide bonds. The van der Waals surface area contributed by atoms with Crippen molar-refractivity contribution in [3.63, 3.8) is 0 Å². The first-order valence-electron chi connectivity index (χ1n) is 5.13. The molecular weight excluding hydrogens is 158 g/mol. The van der Waals surface area contributed by atoms with Gasteiger partial charge in [0.05, 0.1) is 0 Å². The van der Waals surface area contributed by atoms with Crippen LogP contribution in [0.3, 0.4) is 0 Å². The number of hydrogen-bond acceptors (Lipinski definition) is 1. The minimum absolute atomic E-state index is 0.695. The first-order chi connectivity index (χ1) is 6.36. The molecule has 2 rings (SSSR count). The molecule has 1 heteroatoms. The third-order valence-electron chi connectivity index (χ3n) is 2.80. The van der Waals surface area contributed by atoms with Crippen LogP contribution in [0.15, 0.2) is 30.3 Å². The zero-order valence-corrected chi connectivity index (χ0v) is 8.16. The van der Waals surface area contributed by atoms with Gasteiger partial charge in [-0.1, -0.05) is 30.3 Å². The molecule has 0 saturated heterocycles. The van der Waals surface area contributed by atoms with Gasteiger partial charge >= 0.3 is 0 Å². The number of rotatable bonds is 4. The third-order valence-corrected chi connectivity index (χ3v) is 2.80. The molecule has 1 nitrogen and oxygen atoms in total. The SMILES string of the molecule is CC(NCc1ccccc1)C1CC1. The maximum absolute atomic E-state index is 3.56. The standard InChI is InChI=1S/C12H17N/c1-10(12-7-8-12)13-9-11-5-3-2-4-6-11/h2-6,10,12-13H,7-9H2,1H3. The van der Waals surface area contributed by atoms with Gasteiger partial charge in [-0.2, -0.15) is 0 Å². The van der Waals surface area contributed by atoms with E-state index in [4.69, 9.17) is 0 Å². The van der Waals surface area contributed by atoms with Crippen molar-refractivity contribution < 1.29 is 0 Å². The highest BCUT2D eigenvalue weighted by atomic mass is 14.9. The average molecular weight is 175 g/mol. The van der Waals surface area contributed by atoms with E-state index in [9.17, 15) is 0 Å². The quantitative estimate of drug-likeness (QED) is 0.741. The van der Waals surface area contributed by atoms with Crippen LogP contribution in [0.25, 0.3) is 0 Å².